The van der Waals surface area contributed by atoms with Crippen LogP contribution >= 0.6 is 0 Å². The maximum Gasteiger partial charge on any atom is 0.311 e. The van der Waals surface area contributed by atoms with E-state index in [1.807, 2.05) is 13.8 Å². The number of hydrogen-bond acceptors (Lipinski definition) is 3. The zero-order valence-corrected chi connectivity index (χ0v) is 13.2. The summed E-state index contributed by atoms with van der Waals surface area (Å²) in [6.45, 7) is 8.55. The van der Waals surface area contributed by atoms with Crippen LogP contribution in [0, 0.1) is 17.3 Å². The highest BCUT2D eigenvalue weighted by atomic mass is 16.4. The summed E-state index contributed by atoms with van der Waals surface area (Å²) in [5, 5.41) is 12.1. The number of aliphatic carboxylic acids is 1. The summed E-state index contributed by atoms with van der Waals surface area (Å²) in [5.41, 5.74) is 4.82. The van der Waals surface area contributed by atoms with Gasteiger partial charge < -0.3 is 16.2 Å². The SMILES string of the molecule is CCC(CC)(CNC(=O)CC(CN)CC(C)C)C(=O)O. The molecule has 1 amide bonds. The van der Waals surface area contributed by atoms with Crippen LogP contribution in [0.1, 0.15) is 53.4 Å². The summed E-state index contributed by atoms with van der Waals surface area (Å²) in [7, 11) is 0. The number of rotatable bonds is 10. The Hall–Kier alpha value is -1.10. The van der Waals surface area contributed by atoms with Gasteiger partial charge in [0.1, 0.15) is 0 Å². The zero-order valence-electron chi connectivity index (χ0n) is 13.2. The van der Waals surface area contributed by atoms with E-state index in [9.17, 15) is 14.7 Å². The molecule has 118 valence electrons. The fourth-order valence-corrected chi connectivity index (χ4v) is 2.41. The minimum absolute atomic E-state index is 0.103. The topological polar surface area (TPSA) is 92.4 Å². The molecule has 0 aromatic heterocycles. The minimum Gasteiger partial charge on any atom is -0.481 e. The maximum atomic E-state index is 11.9. The van der Waals surface area contributed by atoms with Crippen molar-refractivity contribution in [3.8, 4) is 0 Å². The number of carboxylic acids is 1. The Balaban J connectivity index is 4.42. The Kier molecular flexibility index (Phi) is 8.46. The zero-order chi connectivity index (χ0) is 15.8. The number of nitrogens with one attached hydrogen (secondary N) is 1. The van der Waals surface area contributed by atoms with Crippen molar-refractivity contribution in [1.82, 2.24) is 5.32 Å². The van der Waals surface area contributed by atoms with Crippen molar-refractivity contribution < 1.29 is 14.7 Å². The number of carbonyl (C=O) groups excluding carboxylic acids is 1. The number of nitrogens with two attached hydrogens (primary N) is 1. The lowest BCUT2D eigenvalue weighted by Crippen LogP contribution is -2.43. The fraction of sp³-hybridized carbons (Fsp3) is 0.867. The average molecular weight is 286 g/mol. The summed E-state index contributed by atoms with van der Waals surface area (Å²) in [6, 6.07) is 0. The van der Waals surface area contributed by atoms with Gasteiger partial charge in [0, 0.05) is 13.0 Å². The van der Waals surface area contributed by atoms with E-state index in [4.69, 9.17) is 5.73 Å². The molecule has 4 N–H and O–H groups in total. The van der Waals surface area contributed by atoms with E-state index in [-0.39, 0.29) is 18.4 Å². The molecule has 5 heteroatoms. The third kappa shape index (κ3) is 5.90. The summed E-state index contributed by atoms with van der Waals surface area (Å²) in [6.07, 6.45) is 2.30. The molecule has 0 aliphatic carbocycles. The average Bonchev–Trinajstić information content (AvgIpc) is 2.38. The quantitative estimate of drug-likeness (QED) is 0.572. The third-order valence-corrected chi connectivity index (χ3v) is 4.04. The van der Waals surface area contributed by atoms with Gasteiger partial charge >= 0.3 is 5.97 Å². The number of amides is 1. The van der Waals surface area contributed by atoms with Gasteiger partial charge in [-0.2, -0.15) is 0 Å². The lowest BCUT2D eigenvalue weighted by atomic mass is 9.82. The molecule has 20 heavy (non-hydrogen) atoms. The van der Waals surface area contributed by atoms with Crippen molar-refractivity contribution in [2.45, 2.75) is 53.4 Å². The fourth-order valence-electron chi connectivity index (χ4n) is 2.41. The van der Waals surface area contributed by atoms with Gasteiger partial charge in [-0.15, -0.1) is 0 Å². The smallest absolute Gasteiger partial charge is 0.311 e. The highest BCUT2D eigenvalue weighted by Crippen LogP contribution is 2.25. The first kappa shape index (κ1) is 18.9. The van der Waals surface area contributed by atoms with E-state index in [0.717, 1.165) is 6.42 Å². The minimum atomic E-state index is -0.855. The first-order valence-corrected chi connectivity index (χ1v) is 7.51. The number of carboxylic acid groups (broad SMARTS) is 1. The second-order valence-electron chi connectivity index (χ2n) is 6.00. The highest BCUT2D eigenvalue weighted by molar-refractivity contribution is 5.79. The van der Waals surface area contributed by atoms with Crippen molar-refractivity contribution in [3.05, 3.63) is 0 Å². The molecule has 0 saturated carbocycles. The molecule has 0 fully saturated rings. The monoisotopic (exact) mass is 286 g/mol. The standard InChI is InChI=1S/C15H30N2O3/c1-5-15(6-2,14(19)20)10-17-13(18)8-12(9-16)7-11(3)4/h11-12H,5-10,16H2,1-4H3,(H,17,18)(H,19,20). The van der Waals surface area contributed by atoms with E-state index >= 15 is 0 Å². The molecule has 0 spiro atoms. The van der Waals surface area contributed by atoms with Crippen LogP contribution in [0.2, 0.25) is 0 Å². The van der Waals surface area contributed by atoms with Crippen molar-refractivity contribution in [1.29, 1.82) is 0 Å². The lowest BCUT2D eigenvalue weighted by molar-refractivity contribution is -0.149. The van der Waals surface area contributed by atoms with Gasteiger partial charge in [0.05, 0.1) is 5.41 Å². The molecule has 0 heterocycles. The maximum absolute atomic E-state index is 11.9. The van der Waals surface area contributed by atoms with Crippen LogP contribution in [0.4, 0.5) is 0 Å². The van der Waals surface area contributed by atoms with Crippen LogP contribution in [-0.4, -0.2) is 30.1 Å². The molecule has 0 aliphatic rings. The molecule has 1 atom stereocenters. The Morgan fingerprint density at radius 2 is 1.80 bits per heavy atom. The van der Waals surface area contributed by atoms with E-state index < -0.39 is 11.4 Å². The first-order chi connectivity index (χ1) is 9.31. The van der Waals surface area contributed by atoms with Crippen molar-refractivity contribution in [2.24, 2.45) is 23.0 Å². The molecule has 0 aromatic rings. The van der Waals surface area contributed by atoms with Crippen LogP contribution in [0.15, 0.2) is 0 Å². The molecule has 0 rings (SSSR count). The van der Waals surface area contributed by atoms with Crippen molar-refractivity contribution in [3.63, 3.8) is 0 Å². The number of hydrogen-bond donors (Lipinski definition) is 3. The second-order valence-corrected chi connectivity index (χ2v) is 6.00. The van der Waals surface area contributed by atoms with Gasteiger partial charge in [-0.05, 0) is 37.6 Å². The molecule has 1 unspecified atom stereocenters. The van der Waals surface area contributed by atoms with Crippen LogP contribution in [-0.2, 0) is 9.59 Å². The van der Waals surface area contributed by atoms with Gasteiger partial charge in [-0.25, -0.2) is 0 Å². The van der Waals surface area contributed by atoms with Gasteiger partial charge in [0.15, 0.2) is 0 Å². The summed E-state index contributed by atoms with van der Waals surface area (Å²) < 4.78 is 0. The van der Waals surface area contributed by atoms with Crippen molar-refractivity contribution in [2.75, 3.05) is 13.1 Å². The van der Waals surface area contributed by atoms with Gasteiger partial charge in [-0.3, -0.25) is 9.59 Å². The molecule has 0 radical (unpaired) electrons. The normalized spacial score (nSPS) is 13.3. The largest absolute Gasteiger partial charge is 0.481 e. The summed E-state index contributed by atoms with van der Waals surface area (Å²) >= 11 is 0. The van der Waals surface area contributed by atoms with Gasteiger partial charge in [-0.1, -0.05) is 27.7 Å². The highest BCUT2D eigenvalue weighted by Gasteiger charge is 2.35. The molecular formula is C15H30N2O3. The van der Waals surface area contributed by atoms with Crippen LogP contribution in [0.3, 0.4) is 0 Å². The molecule has 0 aliphatic heterocycles. The number of carbonyl (C=O) groups is 2. The van der Waals surface area contributed by atoms with Crippen LogP contribution < -0.4 is 11.1 Å². The van der Waals surface area contributed by atoms with Crippen LogP contribution in [0.5, 0.6) is 0 Å². The Bertz CT molecular complexity index is 312. The summed E-state index contributed by atoms with van der Waals surface area (Å²) in [4.78, 5) is 23.3. The first-order valence-electron chi connectivity index (χ1n) is 7.51. The molecular weight excluding hydrogens is 256 g/mol. The Morgan fingerprint density at radius 3 is 2.15 bits per heavy atom. The van der Waals surface area contributed by atoms with Gasteiger partial charge in [0.2, 0.25) is 5.91 Å². The van der Waals surface area contributed by atoms with Crippen LogP contribution in [0.25, 0.3) is 0 Å². The van der Waals surface area contributed by atoms with E-state index in [2.05, 4.69) is 19.2 Å². The molecule has 0 bridgehead atoms. The lowest BCUT2D eigenvalue weighted by Gasteiger charge is -2.27. The summed E-state index contributed by atoms with van der Waals surface area (Å²) in [5.74, 6) is -0.285. The van der Waals surface area contributed by atoms with E-state index in [1.54, 1.807) is 0 Å². The van der Waals surface area contributed by atoms with E-state index in [1.165, 1.54) is 0 Å². The van der Waals surface area contributed by atoms with Gasteiger partial charge in [0.25, 0.3) is 0 Å². The molecule has 0 aromatic carbocycles. The third-order valence-electron chi connectivity index (χ3n) is 4.04. The Labute approximate surface area is 122 Å². The molecule has 5 nitrogen and oxygen atoms in total. The predicted molar refractivity (Wildman–Crippen MR) is 80.3 cm³/mol. The molecule has 0 saturated heterocycles. The van der Waals surface area contributed by atoms with E-state index in [0.29, 0.717) is 31.7 Å². The Morgan fingerprint density at radius 1 is 1.25 bits per heavy atom. The second kappa shape index (κ2) is 8.95. The van der Waals surface area contributed by atoms with Crippen molar-refractivity contribution >= 4 is 11.9 Å². The predicted octanol–water partition coefficient (Wildman–Crippen LogP) is 2.00.